The van der Waals surface area contributed by atoms with Crippen LogP contribution in [0.25, 0.3) is 0 Å². The lowest BCUT2D eigenvalue weighted by molar-refractivity contribution is -0.120. The number of anilines is 1. The molecule has 104 valence electrons. The maximum Gasteiger partial charge on any atom is 0.228 e. The lowest BCUT2D eigenvalue weighted by Gasteiger charge is -2.22. The summed E-state index contributed by atoms with van der Waals surface area (Å²) in [5, 5.41) is 6.26. The summed E-state index contributed by atoms with van der Waals surface area (Å²) in [6, 6.07) is 5.93. The van der Waals surface area contributed by atoms with Crippen LogP contribution in [-0.4, -0.2) is 26.1 Å². The molecular formula is C15H22N2O2. The molecule has 0 saturated carbocycles. The number of benzene rings is 1. The third kappa shape index (κ3) is 3.47. The van der Waals surface area contributed by atoms with Gasteiger partial charge in [-0.15, -0.1) is 0 Å². The maximum atomic E-state index is 12.2. The number of ether oxygens (including phenoxy) is 1. The molecule has 1 aliphatic rings. The molecule has 0 spiro atoms. The molecule has 0 radical (unpaired) electrons. The first-order valence-electron chi connectivity index (χ1n) is 6.93. The molecule has 0 aromatic heterocycles. The van der Waals surface area contributed by atoms with Crippen molar-refractivity contribution in [3.05, 3.63) is 23.8 Å². The van der Waals surface area contributed by atoms with Gasteiger partial charge < -0.3 is 15.4 Å². The van der Waals surface area contributed by atoms with Crippen LogP contribution >= 0.6 is 0 Å². The number of rotatable bonds is 4. The monoisotopic (exact) mass is 262 g/mol. The van der Waals surface area contributed by atoms with Crippen LogP contribution in [0.15, 0.2) is 18.2 Å². The van der Waals surface area contributed by atoms with Crippen LogP contribution in [-0.2, 0) is 11.2 Å². The maximum absolute atomic E-state index is 12.2. The van der Waals surface area contributed by atoms with Crippen molar-refractivity contribution in [3.63, 3.8) is 0 Å². The Balaban J connectivity index is 2.10. The van der Waals surface area contributed by atoms with Crippen molar-refractivity contribution < 1.29 is 9.53 Å². The lowest BCUT2D eigenvalue weighted by Crippen LogP contribution is -2.37. The van der Waals surface area contributed by atoms with Crippen LogP contribution < -0.4 is 15.4 Å². The minimum absolute atomic E-state index is 0.0590. The van der Waals surface area contributed by atoms with E-state index in [9.17, 15) is 4.79 Å². The predicted octanol–water partition coefficient (Wildman–Crippen LogP) is 2.20. The van der Waals surface area contributed by atoms with Gasteiger partial charge in [0.15, 0.2) is 0 Å². The van der Waals surface area contributed by atoms with Crippen molar-refractivity contribution in [3.8, 4) is 5.75 Å². The molecule has 0 bridgehead atoms. The minimum Gasteiger partial charge on any atom is -0.495 e. The van der Waals surface area contributed by atoms with E-state index >= 15 is 0 Å². The van der Waals surface area contributed by atoms with Gasteiger partial charge in [0.2, 0.25) is 5.91 Å². The number of piperidine rings is 1. The van der Waals surface area contributed by atoms with E-state index in [4.69, 9.17) is 4.74 Å². The van der Waals surface area contributed by atoms with Gasteiger partial charge in [-0.25, -0.2) is 0 Å². The van der Waals surface area contributed by atoms with Crippen molar-refractivity contribution in [2.24, 2.45) is 5.92 Å². The zero-order chi connectivity index (χ0) is 13.7. The molecule has 2 N–H and O–H groups in total. The Bertz CT molecular complexity index is 440. The highest BCUT2D eigenvalue weighted by Crippen LogP contribution is 2.26. The second-order valence-electron chi connectivity index (χ2n) is 4.92. The molecule has 1 aliphatic heterocycles. The molecule has 1 heterocycles. The van der Waals surface area contributed by atoms with Crippen molar-refractivity contribution in [1.29, 1.82) is 0 Å². The van der Waals surface area contributed by atoms with Gasteiger partial charge in [0.25, 0.3) is 0 Å². The molecule has 19 heavy (non-hydrogen) atoms. The average Bonchev–Trinajstić information content (AvgIpc) is 2.48. The lowest BCUT2D eigenvalue weighted by atomic mass is 9.98. The minimum atomic E-state index is 0.0590. The summed E-state index contributed by atoms with van der Waals surface area (Å²) in [5.74, 6) is 0.858. The summed E-state index contributed by atoms with van der Waals surface area (Å²) in [6.07, 6.45) is 2.96. The Morgan fingerprint density at radius 1 is 1.53 bits per heavy atom. The first-order chi connectivity index (χ1) is 9.24. The standard InChI is InChI=1S/C15H22N2O2/c1-3-11-6-7-14(19-2)13(9-11)17-15(18)12-5-4-8-16-10-12/h6-7,9,12,16H,3-5,8,10H2,1-2H3,(H,17,18). The SMILES string of the molecule is CCc1ccc(OC)c(NC(=O)C2CCCNC2)c1. The van der Waals surface area contributed by atoms with E-state index in [1.54, 1.807) is 7.11 Å². The highest BCUT2D eigenvalue weighted by atomic mass is 16.5. The van der Waals surface area contributed by atoms with Crippen LogP contribution in [0.1, 0.15) is 25.3 Å². The molecule has 0 aliphatic carbocycles. The Labute approximate surface area is 114 Å². The van der Waals surface area contributed by atoms with Crippen LogP contribution in [0.4, 0.5) is 5.69 Å². The van der Waals surface area contributed by atoms with Crippen LogP contribution in [0, 0.1) is 5.92 Å². The van der Waals surface area contributed by atoms with E-state index in [-0.39, 0.29) is 11.8 Å². The normalized spacial score (nSPS) is 18.9. The fourth-order valence-corrected chi connectivity index (χ4v) is 2.38. The van der Waals surface area contributed by atoms with Crippen molar-refractivity contribution in [1.82, 2.24) is 5.32 Å². The number of hydrogen-bond donors (Lipinski definition) is 2. The molecule has 1 fully saturated rings. The molecule has 1 atom stereocenters. The summed E-state index contributed by atoms with van der Waals surface area (Å²) in [4.78, 5) is 12.2. The molecule has 4 heteroatoms. The number of nitrogens with one attached hydrogen (secondary N) is 2. The Kier molecular flexibility index (Phi) is 4.80. The third-order valence-electron chi connectivity index (χ3n) is 3.60. The summed E-state index contributed by atoms with van der Waals surface area (Å²) in [7, 11) is 1.62. The fraction of sp³-hybridized carbons (Fsp3) is 0.533. The Morgan fingerprint density at radius 3 is 3.00 bits per heavy atom. The largest absolute Gasteiger partial charge is 0.495 e. The number of hydrogen-bond acceptors (Lipinski definition) is 3. The first-order valence-corrected chi connectivity index (χ1v) is 6.93. The molecule has 1 unspecified atom stereocenters. The van der Waals surface area contributed by atoms with E-state index < -0.39 is 0 Å². The fourth-order valence-electron chi connectivity index (χ4n) is 2.38. The molecule has 2 rings (SSSR count). The van der Waals surface area contributed by atoms with Crippen LogP contribution in [0.2, 0.25) is 0 Å². The number of methoxy groups -OCH3 is 1. The smallest absolute Gasteiger partial charge is 0.228 e. The van der Waals surface area contributed by atoms with E-state index in [0.717, 1.165) is 38.0 Å². The number of aryl methyl sites for hydroxylation is 1. The average molecular weight is 262 g/mol. The number of amides is 1. The number of carbonyl (C=O) groups excluding carboxylic acids is 1. The zero-order valence-electron chi connectivity index (χ0n) is 11.7. The van der Waals surface area contributed by atoms with Gasteiger partial charge in [-0.3, -0.25) is 4.79 Å². The molecule has 1 amide bonds. The van der Waals surface area contributed by atoms with Crippen molar-refractivity contribution in [2.45, 2.75) is 26.2 Å². The van der Waals surface area contributed by atoms with Gasteiger partial charge in [0, 0.05) is 6.54 Å². The second kappa shape index (κ2) is 6.57. The first kappa shape index (κ1) is 13.9. The quantitative estimate of drug-likeness (QED) is 0.874. The summed E-state index contributed by atoms with van der Waals surface area (Å²) in [6.45, 7) is 3.87. The van der Waals surface area contributed by atoms with E-state index in [2.05, 4.69) is 17.6 Å². The molecule has 1 aromatic carbocycles. The van der Waals surface area contributed by atoms with Crippen molar-refractivity contribution >= 4 is 11.6 Å². The molecule has 4 nitrogen and oxygen atoms in total. The topological polar surface area (TPSA) is 50.4 Å². The second-order valence-corrected chi connectivity index (χ2v) is 4.92. The van der Waals surface area contributed by atoms with Gasteiger partial charge in [-0.1, -0.05) is 13.0 Å². The molecule has 1 aromatic rings. The Hall–Kier alpha value is -1.55. The van der Waals surface area contributed by atoms with Gasteiger partial charge in [-0.05, 0) is 43.5 Å². The van der Waals surface area contributed by atoms with Gasteiger partial charge in [0.1, 0.15) is 5.75 Å². The van der Waals surface area contributed by atoms with E-state index in [1.807, 2.05) is 18.2 Å². The predicted molar refractivity (Wildman–Crippen MR) is 76.6 cm³/mol. The molecule has 1 saturated heterocycles. The van der Waals surface area contributed by atoms with Crippen molar-refractivity contribution in [2.75, 3.05) is 25.5 Å². The van der Waals surface area contributed by atoms with Gasteiger partial charge in [-0.2, -0.15) is 0 Å². The van der Waals surface area contributed by atoms with E-state index in [0.29, 0.717) is 5.75 Å². The van der Waals surface area contributed by atoms with Crippen LogP contribution in [0.3, 0.4) is 0 Å². The highest BCUT2D eigenvalue weighted by Gasteiger charge is 2.21. The van der Waals surface area contributed by atoms with Gasteiger partial charge in [0.05, 0.1) is 18.7 Å². The zero-order valence-corrected chi connectivity index (χ0v) is 11.7. The summed E-state index contributed by atoms with van der Waals surface area (Å²) >= 11 is 0. The van der Waals surface area contributed by atoms with E-state index in [1.165, 1.54) is 5.56 Å². The third-order valence-corrected chi connectivity index (χ3v) is 3.60. The van der Waals surface area contributed by atoms with Gasteiger partial charge >= 0.3 is 0 Å². The molecular weight excluding hydrogens is 240 g/mol. The van der Waals surface area contributed by atoms with Crippen LogP contribution in [0.5, 0.6) is 5.75 Å². The Morgan fingerprint density at radius 2 is 2.37 bits per heavy atom. The highest BCUT2D eigenvalue weighted by molar-refractivity contribution is 5.94. The summed E-state index contributed by atoms with van der Waals surface area (Å²) < 4.78 is 5.30. The summed E-state index contributed by atoms with van der Waals surface area (Å²) in [5.41, 5.74) is 1.97. The number of carbonyl (C=O) groups is 1.